The molecule has 1 aromatic rings. The number of nitrogens with one attached hydrogen (secondary N) is 1. The van der Waals surface area contributed by atoms with Gasteiger partial charge in [0.2, 0.25) is 0 Å². The van der Waals surface area contributed by atoms with Gasteiger partial charge in [0.25, 0.3) is 0 Å². The summed E-state index contributed by atoms with van der Waals surface area (Å²) in [4.78, 5) is 4.16. The van der Waals surface area contributed by atoms with Gasteiger partial charge in [-0.1, -0.05) is 0 Å². The molecule has 1 rings (SSSR count). The number of aromatic nitrogens is 1. The maximum absolute atomic E-state index is 4.16. The molecule has 0 saturated heterocycles. The van der Waals surface area contributed by atoms with E-state index in [9.17, 15) is 0 Å². The number of rotatable bonds is 2. The van der Waals surface area contributed by atoms with Gasteiger partial charge in [0.05, 0.1) is 0 Å². The van der Waals surface area contributed by atoms with Crippen molar-refractivity contribution in [1.29, 1.82) is 0 Å². The molecule has 0 spiro atoms. The minimum absolute atomic E-state index is 0.434. The summed E-state index contributed by atoms with van der Waals surface area (Å²) < 4.78 is 1.01. The molecule has 3 heteroatoms. The molecule has 2 nitrogen and oxygen atoms in total. The highest BCUT2D eigenvalue weighted by Crippen LogP contribution is 2.10. The molecule has 0 atom stereocenters. The van der Waals surface area contributed by atoms with Crippen molar-refractivity contribution in [3.05, 3.63) is 22.8 Å². The van der Waals surface area contributed by atoms with Crippen molar-refractivity contribution in [2.75, 3.05) is 5.32 Å². The van der Waals surface area contributed by atoms with E-state index in [0.717, 1.165) is 10.3 Å². The minimum atomic E-state index is 0.434. The molecule has 1 heterocycles. The predicted molar refractivity (Wildman–Crippen MR) is 50.7 cm³/mol. The zero-order chi connectivity index (χ0) is 8.27. The van der Waals surface area contributed by atoms with Gasteiger partial charge >= 0.3 is 0 Å². The van der Waals surface area contributed by atoms with Gasteiger partial charge in [0.1, 0.15) is 5.82 Å². The fraction of sp³-hybridized carbons (Fsp3) is 0.375. The van der Waals surface area contributed by atoms with E-state index < -0.39 is 0 Å². The molecule has 0 fully saturated rings. The van der Waals surface area contributed by atoms with Crippen molar-refractivity contribution in [3.63, 3.8) is 0 Å². The Balaban J connectivity index is 2.66. The average molecular weight is 215 g/mol. The van der Waals surface area contributed by atoms with Crippen LogP contribution >= 0.6 is 15.9 Å². The summed E-state index contributed by atoms with van der Waals surface area (Å²) in [6, 6.07) is 4.35. The number of hydrogen-bond donors (Lipinski definition) is 1. The van der Waals surface area contributed by atoms with Crippen LogP contribution in [-0.2, 0) is 0 Å². The molecular weight excluding hydrogens is 204 g/mol. The number of pyridine rings is 1. The molecule has 0 radical (unpaired) electrons. The number of halogens is 1. The lowest BCUT2D eigenvalue weighted by Crippen LogP contribution is -2.10. The van der Waals surface area contributed by atoms with E-state index >= 15 is 0 Å². The topological polar surface area (TPSA) is 24.9 Å². The van der Waals surface area contributed by atoms with Gasteiger partial charge in [-0.3, -0.25) is 0 Å². The van der Waals surface area contributed by atoms with Crippen LogP contribution in [0.3, 0.4) is 0 Å². The van der Waals surface area contributed by atoms with Gasteiger partial charge in [0.15, 0.2) is 0 Å². The Kier molecular flexibility index (Phi) is 2.88. The first-order valence-corrected chi connectivity index (χ1v) is 4.36. The third-order valence-corrected chi connectivity index (χ3v) is 1.63. The molecule has 0 aliphatic carbocycles. The molecule has 0 bridgehead atoms. The second kappa shape index (κ2) is 3.72. The summed E-state index contributed by atoms with van der Waals surface area (Å²) in [5.41, 5.74) is 0. The lowest BCUT2D eigenvalue weighted by Gasteiger charge is -2.07. The van der Waals surface area contributed by atoms with Crippen molar-refractivity contribution in [2.24, 2.45) is 0 Å². The van der Waals surface area contributed by atoms with Crippen LogP contribution in [-0.4, -0.2) is 11.0 Å². The summed E-state index contributed by atoms with van der Waals surface area (Å²) in [5.74, 6) is 0.920. The minimum Gasteiger partial charge on any atom is -0.368 e. The number of hydrogen-bond acceptors (Lipinski definition) is 2. The average Bonchev–Trinajstić information content (AvgIpc) is 1.93. The van der Waals surface area contributed by atoms with Gasteiger partial charge < -0.3 is 5.32 Å². The maximum atomic E-state index is 4.16. The monoisotopic (exact) mass is 214 g/mol. The molecule has 0 saturated carbocycles. The van der Waals surface area contributed by atoms with E-state index in [2.05, 4.69) is 40.1 Å². The van der Waals surface area contributed by atoms with Crippen molar-refractivity contribution in [3.8, 4) is 0 Å². The summed E-state index contributed by atoms with van der Waals surface area (Å²) in [5, 5.41) is 3.20. The first kappa shape index (κ1) is 8.53. The molecule has 0 aliphatic rings. The molecule has 0 amide bonds. The Morgan fingerprint density at radius 3 is 2.64 bits per heavy atom. The predicted octanol–water partition coefficient (Wildman–Crippen LogP) is 2.66. The smallest absolute Gasteiger partial charge is 0.126 e. The first-order valence-electron chi connectivity index (χ1n) is 3.56. The van der Waals surface area contributed by atoms with Crippen molar-refractivity contribution in [1.82, 2.24) is 4.98 Å². The first-order chi connectivity index (χ1) is 5.18. The molecule has 0 unspecified atom stereocenters. The van der Waals surface area contributed by atoms with Gasteiger partial charge in [0, 0.05) is 16.7 Å². The molecule has 11 heavy (non-hydrogen) atoms. The molecular formula is C8H11BrN2. The quantitative estimate of drug-likeness (QED) is 0.820. The van der Waals surface area contributed by atoms with Crippen LogP contribution in [0.5, 0.6) is 0 Å². The second-order valence-electron chi connectivity index (χ2n) is 2.66. The highest BCUT2D eigenvalue weighted by molar-refractivity contribution is 9.10. The SMILES string of the molecule is CC(C)Nc1ccc(Br)cn1. The van der Waals surface area contributed by atoms with E-state index in [-0.39, 0.29) is 0 Å². The van der Waals surface area contributed by atoms with E-state index in [4.69, 9.17) is 0 Å². The zero-order valence-electron chi connectivity index (χ0n) is 6.63. The Bertz CT molecular complexity index is 218. The van der Waals surface area contributed by atoms with E-state index in [1.165, 1.54) is 0 Å². The summed E-state index contributed by atoms with van der Waals surface area (Å²) in [6.07, 6.45) is 1.78. The van der Waals surface area contributed by atoms with Crippen LogP contribution in [0.25, 0.3) is 0 Å². The normalized spacial score (nSPS) is 10.2. The molecule has 0 aromatic carbocycles. The van der Waals surface area contributed by atoms with E-state index in [1.807, 2.05) is 12.1 Å². The Morgan fingerprint density at radius 2 is 2.18 bits per heavy atom. The number of nitrogens with zero attached hydrogens (tertiary/aromatic N) is 1. The van der Waals surface area contributed by atoms with Crippen LogP contribution in [0, 0.1) is 0 Å². The van der Waals surface area contributed by atoms with Crippen LogP contribution in [0.4, 0.5) is 5.82 Å². The molecule has 0 aliphatic heterocycles. The van der Waals surface area contributed by atoms with Gasteiger partial charge in [-0.2, -0.15) is 0 Å². The summed E-state index contributed by atoms with van der Waals surface area (Å²) >= 11 is 3.32. The standard InChI is InChI=1S/C8H11BrN2/c1-6(2)11-8-4-3-7(9)5-10-8/h3-6H,1-2H3,(H,10,11). The second-order valence-corrected chi connectivity index (χ2v) is 3.58. The molecule has 1 N–H and O–H groups in total. The van der Waals surface area contributed by atoms with Crippen LogP contribution in [0.15, 0.2) is 22.8 Å². The van der Waals surface area contributed by atoms with Crippen molar-refractivity contribution >= 4 is 21.7 Å². The highest BCUT2D eigenvalue weighted by atomic mass is 79.9. The van der Waals surface area contributed by atoms with Crippen molar-refractivity contribution in [2.45, 2.75) is 19.9 Å². The van der Waals surface area contributed by atoms with E-state index in [1.54, 1.807) is 6.20 Å². The van der Waals surface area contributed by atoms with Crippen molar-refractivity contribution < 1.29 is 0 Å². The summed E-state index contributed by atoms with van der Waals surface area (Å²) in [6.45, 7) is 4.17. The Hall–Kier alpha value is -0.570. The van der Waals surface area contributed by atoms with Crippen LogP contribution in [0.2, 0.25) is 0 Å². The fourth-order valence-corrected chi connectivity index (χ4v) is 0.992. The Morgan fingerprint density at radius 1 is 1.45 bits per heavy atom. The fourth-order valence-electron chi connectivity index (χ4n) is 0.757. The largest absolute Gasteiger partial charge is 0.368 e. The van der Waals surface area contributed by atoms with Crippen LogP contribution in [0.1, 0.15) is 13.8 Å². The molecule has 60 valence electrons. The third kappa shape index (κ3) is 2.89. The van der Waals surface area contributed by atoms with Gasteiger partial charge in [-0.25, -0.2) is 4.98 Å². The van der Waals surface area contributed by atoms with E-state index in [0.29, 0.717) is 6.04 Å². The Labute approximate surface area is 75.2 Å². The zero-order valence-corrected chi connectivity index (χ0v) is 8.22. The summed E-state index contributed by atoms with van der Waals surface area (Å²) in [7, 11) is 0. The van der Waals surface area contributed by atoms with Gasteiger partial charge in [-0.15, -0.1) is 0 Å². The van der Waals surface area contributed by atoms with Crippen LogP contribution < -0.4 is 5.32 Å². The highest BCUT2D eigenvalue weighted by Gasteiger charge is 1.94. The third-order valence-electron chi connectivity index (χ3n) is 1.16. The lowest BCUT2D eigenvalue weighted by atomic mass is 10.4. The lowest BCUT2D eigenvalue weighted by molar-refractivity contribution is 0.889. The molecule has 1 aromatic heterocycles. The number of anilines is 1. The maximum Gasteiger partial charge on any atom is 0.126 e. The van der Waals surface area contributed by atoms with Gasteiger partial charge in [-0.05, 0) is 41.9 Å².